The van der Waals surface area contributed by atoms with E-state index in [1.807, 2.05) is 25.1 Å². The van der Waals surface area contributed by atoms with Crippen molar-refractivity contribution in [3.63, 3.8) is 0 Å². The molecular formula is C26H32ClN5O4. The van der Waals surface area contributed by atoms with Gasteiger partial charge in [-0.25, -0.2) is 4.79 Å². The lowest BCUT2D eigenvalue weighted by Gasteiger charge is -2.19. The van der Waals surface area contributed by atoms with Gasteiger partial charge in [0, 0.05) is 46.9 Å². The predicted octanol–water partition coefficient (Wildman–Crippen LogP) is 4.85. The summed E-state index contributed by atoms with van der Waals surface area (Å²) < 4.78 is 5.60. The molecule has 5 rings (SSSR count). The first-order valence-corrected chi connectivity index (χ1v) is 13.0. The average molecular weight is 514 g/mol. The molecule has 2 aliphatic carbocycles. The minimum atomic E-state index is -0.503. The van der Waals surface area contributed by atoms with Crippen molar-refractivity contribution < 1.29 is 19.1 Å². The predicted molar refractivity (Wildman–Crippen MR) is 136 cm³/mol. The number of carbonyl (C=O) groups excluding carboxylic acids is 3. The second-order valence-corrected chi connectivity index (χ2v) is 10.9. The Bertz CT molecular complexity index is 1180. The highest BCUT2D eigenvalue weighted by atomic mass is 35.5. The van der Waals surface area contributed by atoms with Crippen LogP contribution in [0.2, 0.25) is 5.02 Å². The van der Waals surface area contributed by atoms with Crippen molar-refractivity contribution in [2.75, 3.05) is 16.8 Å². The van der Waals surface area contributed by atoms with Gasteiger partial charge in [0.25, 0.3) is 0 Å². The molecule has 10 heteroatoms. The summed E-state index contributed by atoms with van der Waals surface area (Å²) in [7, 11) is 0. The van der Waals surface area contributed by atoms with Gasteiger partial charge in [-0.3, -0.25) is 14.7 Å². The molecule has 3 unspecified atom stereocenters. The number of rotatable bonds is 7. The van der Waals surface area contributed by atoms with E-state index in [0.29, 0.717) is 29.4 Å². The number of nitrogens with one attached hydrogen (secondary N) is 3. The van der Waals surface area contributed by atoms with E-state index in [4.69, 9.17) is 16.3 Å². The Morgan fingerprint density at radius 2 is 2.08 bits per heavy atom. The highest BCUT2D eigenvalue weighted by Gasteiger charge is 2.40. The van der Waals surface area contributed by atoms with Gasteiger partial charge in [-0.1, -0.05) is 17.7 Å². The Hall–Kier alpha value is -3.07. The molecule has 3 atom stereocenters. The molecule has 2 aromatic rings. The van der Waals surface area contributed by atoms with Crippen LogP contribution in [0.3, 0.4) is 0 Å². The van der Waals surface area contributed by atoms with E-state index >= 15 is 0 Å². The molecule has 0 radical (unpaired) electrons. The van der Waals surface area contributed by atoms with E-state index in [1.165, 1.54) is 0 Å². The Morgan fingerprint density at radius 1 is 1.28 bits per heavy atom. The molecule has 9 nitrogen and oxygen atoms in total. The number of ether oxygens (including phenoxy) is 1. The molecule has 1 saturated heterocycles. The fourth-order valence-corrected chi connectivity index (χ4v) is 5.35. The summed E-state index contributed by atoms with van der Waals surface area (Å²) in [6.07, 6.45) is 5.30. The van der Waals surface area contributed by atoms with Crippen LogP contribution >= 0.6 is 11.6 Å². The number of anilines is 2. The minimum absolute atomic E-state index is 0.0926. The van der Waals surface area contributed by atoms with Crippen molar-refractivity contribution in [2.45, 2.75) is 82.3 Å². The van der Waals surface area contributed by atoms with Crippen LogP contribution in [0.5, 0.6) is 0 Å². The molecule has 1 aromatic carbocycles. The lowest BCUT2D eigenvalue weighted by Crippen LogP contribution is -2.36. The number of alkyl carbamates (subject to hydrolysis) is 1. The largest absolute Gasteiger partial charge is 0.446 e. The molecule has 3 aliphatic rings. The van der Waals surface area contributed by atoms with Crippen molar-refractivity contribution in [1.82, 2.24) is 15.5 Å². The summed E-state index contributed by atoms with van der Waals surface area (Å²) in [5.41, 5.74) is 2.27. The number of benzene rings is 1. The Morgan fingerprint density at radius 3 is 2.78 bits per heavy atom. The fourth-order valence-electron chi connectivity index (χ4n) is 5.01. The van der Waals surface area contributed by atoms with E-state index in [2.05, 4.69) is 20.8 Å². The quantitative estimate of drug-likeness (QED) is 0.489. The number of carbonyl (C=O) groups is 3. The summed E-state index contributed by atoms with van der Waals surface area (Å²) in [6.45, 7) is 4.50. The molecule has 3 amide bonds. The van der Waals surface area contributed by atoms with Gasteiger partial charge in [0.2, 0.25) is 11.8 Å². The molecule has 3 fully saturated rings. The van der Waals surface area contributed by atoms with E-state index in [1.54, 1.807) is 17.9 Å². The maximum atomic E-state index is 12.9. The van der Waals surface area contributed by atoms with Crippen molar-refractivity contribution in [3.8, 4) is 0 Å². The van der Waals surface area contributed by atoms with E-state index in [-0.39, 0.29) is 35.5 Å². The lowest BCUT2D eigenvalue weighted by molar-refractivity contribution is -0.118. The summed E-state index contributed by atoms with van der Waals surface area (Å²) in [6, 6.07) is 7.24. The number of H-pyrrole nitrogens is 1. The summed E-state index contributed by atoms with van der Waals surface area (Å²) in [4.78, 5) is 38.8. The highest BCUT2D eigenvalue weighted by molar-refractivity contribution is 6.32. The molecule has 3 N–H and O–H groups in total. The van der Waals surface area contributed by atoms with Crippen LogP contribution in [-0.2, 0) is 14.3 Å². The number of hydrogen-bond acceptors (Lipinski definition) is 5. The zero-order valence-corrected chi connectivity index (χ0v) is 21.4. The van der Waals surface area contributed by atoms with E-state index < -0.39 is 5.92 Å². The third-order valence-electron chi connectivity index (χ3n) is 7.58. The maximum Gasteiger partial charge on any atom is 0.407 e. The number of aromatic amines is 1. The zero-order chi connectivity index (χ0) is 25.4. The van der Waals surface area contributed by atoms with Crippen LogP contribution in [-0.4, -0.2) is 46.3 Å². The fraction of sp³-hybridized carbons (Fsp3) is 0.538. The van der Waals surface area contributed by atoms with Crippen LogP contribution < -0.4 is 15.5 Å². The van der Waals surface area contributed by atoms with Crippen molar-refractivity contribution in [1.29, 1.82) is 0 Å². The standard InChI is InChI=1S/C26H32ClN5O4/c1-15(19-8-6-17(13-20(19)27)32-11-3-4-23(32)33)24(34)28-22-14-21(30-31-22)16-5-7-18(12-16)36-25(35)29-26(2)9-10-26/h6,8,13-16,18H,3-5,7,9-12H2,1-2H3,(H,29,35)(H2,28,30,31,34). The first-order valence-electron chi connectivity index (χ1n) is 12.7. The van der Waals surface area contributed by atoms with Crippen molar-refractivity contribution >= 4 is 41.0 Å². The molecule has 2 saturated carbocycles. The van der Waals surface area contributed by atoms with Gasteiger partial charge in [-0.15, -0.1) is 0 Å². The molecule has 0 bridgehead atoms. The van der Waals surface area contributed by atoms with Gasteiger partial charge in [-0.05, 0) is 70.1 Å². The second-order valence-electron chi connectivity index (χ2n) is 10.5. The Labute approximate surface area is 215 Å². The zero-order valence-electron chi connectivity index (χ0n) is 20.6. The number of hydrogen-bond donors (Lipinski definition) is 3. The molecule has 36 heavy (non-hydrogen) atoms. The smallest absolute Gasteiger partial charge is 0.407 e. The summed E-state index contributed by atoms with van der Waals surface area (Å²) in [5.74, 6) is -0.00364. The SMILES string of the molecule is CC(C(=O)Nc1cc(C2CCC(OC(=O)NC3(C)CC3)C2)[nH]n1)c1ccc(N2CCCC2=O)cc1Cl. The monoisotopic (exact) mass is 513 g/mol. The molecule has 2 heterocycles. The summed E-state index contributed by atoms with van der Waals surface area (Å²) in [5, 5.41) is 13.5. The average Bonchev–Trinajstić information content (AvgIpc) is 3.25. The van der Waals surface area contributed by atoms with Crippen molar-refractivity contribution in [2.24, 2.45) is 0 Å². The highest BCUT2D eigenvalue weighted by Crippen LogP contribution is 2.38. The second kappa shape index (κ2) is 9.76. The maximum absolute atomic E-state index is 12.9. The Kier molecular flexibility index (Phi) is 6.68. The van der Waals surface area contributed by atoms with Gasteiger partial charge in [0.1, 0.15) is 6.10 Å². The molecule has 0 spiro atoms. The minimum Gasteiger partial charge on any atom is -0.446 e. The Balaban J connectivity index is 1.15. The van der Waals surface area contributed by atoms with Crippen LogP contribution in [0.4, 0.5) is 16.3 Å². The van der Waals surface area contributed by atoms with Gasteiger partial charge in [0.15, 0.2) is 5.82 Å². The van der Waals surface area contributed by atoms with Crippen molar-refractivity contribution in [3.05, 3.63) is 40.5 Å². The lowest BCUT2D eigenvalue weighted by atomic mass is 9.99. The molecule has 1 aromatic heterocycles. The van der Waals surface area contributed by atoms with Gasteiger partial charge < -0.3 is 20.3 Å². The third-order valence-corrected chi connectivity index (χ3v) is 7.91. The van der Waals surface area contributed by atoms with Crippen LogP contribution in [0.15, 0.2) is 24.3 Å². The third kappa shape index (κ3) is 5.36. The van der Waals surface area contributed by atoms with Gasteiger partial charge in [0.05, 0.1) is 5.92 Å². The summed E-state index contributed by atoms with van der Waals surface area (Å²) >= 11 is 6.50. The van der Waals surface area contributed by atoms with Crippen LogP contribution in [0.1, 0.15) is 81.9 Å². The van der Waals surface area contributed by atoms with Gasteiger partial charge >= 0.3 is 6.09 Å². The first-order chi connectivity index (χ1) is 17.2. The van der Waals surface area contributed by atoms with Crippen LogP contribution in [0, 0.1) is 0 Å². The van der Waals surface area contributed by atoms with Crippen LogP contribution in [0.25, 0.3) is 0 Å². The number of nitrogens with zero attached hydrogens (tertiary/aromatic N) is 2. The number of halogens is 1. The van der Waals surface area contributed by atoms with E-state index in [9.17, 15) is 14.4 Å². The normalized spacial score (nSPS) is 23.4. The van der Waals surface area contributed by atoms with Gasteiger partial charge in [-0.2, -0.15) is 5.10 Å². The van der Waals surface area contributed by atoms with E-state index in [0.717, 1.165) is 49.9 Å². The molecular weight excluding hydrogens is 482 g/mol. The number of amides is 3. The number of aromatic nitrogens is 2. The molecule has 1 aliphatic heterocycles. The molecule has 192 valence electrons. The first kappa shape index (κ1) is 24.6. The topological polar surface area (TPSA) is 116 Å².